The number of benzene rings is 1. The highest BCUT2D eigenvalue weighted by molar-refractivity contribution is 7.90. The second kappa shape index (κ2) is 6.16. The van der Waals surface area contributed by atoms with Gasteiger partial charge in [-0.15, -0.1) is 0 Å². The molecular formula is C22H23N3O3S. The van der Waals surface area contributed by atoms with E-state index in [9.17, 15) is 13.2 Å². The maximum Gasteiger partial charge on any atom is 0.238 e. The summed E-state index contributed by atoms with van der Waals surface area (Å²) in [5.74, 6) is 0.199. The Bertz CT molecular complexity index is 1260. The lowest BCUT2D eigenvalue weighted by molar-refractivity contribution is -0.120. The van der Waals surface area contributed by atoms with Crippen LogP contribution in [0, 0.1) is 6.92 Å². The van der Waals surface area contributed by atoms with Crippen molar-refractivity contribution >= 4 is 32.3 Å². The highest BCUT2D eigenvalue weighted by Crippen LogP contribution is 2.57. The Morgan fingerprint density at radius 1 is 1.17 bits per heavy atom. The summed E-state index contributed by atoms with van der Waals surface area (Å²) in [6, 6.07) is 10.2. The van der Waals surface area contributed by atoms with Crippen LogP contribution in [0.1, 0.15) is 29.7 Å². The van der Waals surface area contributed by atoms with E-state index in [0.717, 1.165) is 46.3 Å². The molecule has 0 atom stereocenters. The van der Waals surface area contributed by atoms with Gasteiger partial charge in [0.25, 0.3) is 0 Å². The maximum absolute atomic E-state index is 13.2. The number of carbonyl (C=O) groups is 1. The molecule has 3 heterocycles. The van der Waals surface area contributed by atoms with Gasteiger partial charge in [-0.2, -0.15) is 0 Å². The van der Waals surface area contributed by atoms with Crippen LogP contribution >= 0.6 is 0 Å². The number of amides is 1. The summed E-state index contributed by atoms with van der Waals surface area (Å²) in [5, 5.41) is 1.06. The van der Waals surface area contributed by atoms with Crippen molar-refractivity contribution in [3.63, 3.8) is 0 Å². The number of fused-ring (bicyclic) bond motifs is 3. The molecule has 150 valence electrons. The molecule has 1 saturated carbocycles. The monoisotopic (exact) mass is 409 g/mol. The molecular weight excluding hydrogens is 386 g/mol. The molecule has 1 aromatic carbocycles. The Balaban J connectivity index is 1.58. The quantitative estimate of drug-likeness (QED) is 0.649. The fourth-order valence-corrected chi connectivity index (χ4v) is 5.03. The number of anilines is 1. The summed E-state index contributed by atoms with van der Waals surface area (Å²) in [6.45, 7) is 2.82. The molecule has 0 N–H and O–H groups in total. The number of aromatic nitrogens is 2. The van der Waals surface area contributed by atoms with Gasteiger partial charge in [-0.1, -0.05) is 11.6 Å². The second-order valence-electron chi connectivity index (χ2n) is 8.35. The van der Waals surface area contributed by atoms with Crippen LogP contribution in [-0.4, -0.2) is 35.9 Å². The smallest absolute Gasteiger partial charge is 0.238 e. The van der Waals surface area contributed by atoms with Crippen molar-refractivity contribution in [1.29, 1.82) is 0 Å². The predicted molar refractivity (Wildman–Crippen MR) is 113 cm³/mol. The Labute approximate surface area is 170 Å². The zero-order valence-electron chi connectivity index (χ0n) is 16.6. The molecule has 1 spiro atoms. The topological polar surface area (TPSA) is 72.3 Å². The SMILES string of the molecule is Cc1ccc2c(c1)cc(CN1C(=O)C3(CC3)c3ccncc31)n2CCS(C)(=O)=O. The molecule has 5 rings (SSSR count). The van der Waals surface area contributed by atoms with Crippen LogP contribution in [0.2, 0.25) is 0 Å². The number of carbonyl (C=O) groups excluding carboxylic acids is 1. The van der Waals surface area contributed by atoms with Crippen molar-refractivity contribution < 1.29 is 13.2 Å². The Morgan fingerprint density at radius 3 is 2.69 bits per heavy atom. The summed E-state index contributed by atoms with van der Waals surface area (Å²) < 4.78 is 25.6. The van der Waals surface area contributed by atoms with Gasteiger partial charge < -0.3 is 9.47 Å². The number of rotatable bonds is 5. The Kier molecular flexibility index (Phi) is 3.90. The Morgan fingerprint density at radius 2 is 1.97 bits per heavy atom. The number of aryl methyl sites for hydroxylation is 2. The normalized spacial score (nSPS) is 17.3. The van der Waals surface area contributed by atoms with Gasteiger partial charge in [-0.05, 0) is 49.6 Å². The molecule has 0 bridgehead atoms. The van der Waals surface area contributed by atoms with E-state index in [4.69, 9.17) is 0 Å². The highest BCUT2D eigenvalue weighted by Gasteiger charge is 2.59. The summed E-state index contributed by atoms with van der Waals surface area (Å²) in [4.78, 5) is 19.3. The lowest BCUT2D eigenvalue weighted by Crippen LogP contribution is -2.32. The average molecular weight is 410 g/mol. The summed E-state index contributed by atoms with van der Waals surface area (Å²) in [5.41, 5.74) is 4.67. The van der Waals surface area contributed by atoms with Crippen LogP contribution in [-0.2, 0) is 33.1 Å². The molecule has 1 aliphatic carbocycles. The molecule has 2 aliphatic rings. The number of pyridine rings is 1. The first-order valence-electron chi connectivity index (χ1n) is 9.81. The molecule has 0 saturated heterocycles. The maximum atomic E-state index is 13.2. The molecule has 1 aliphatic heterocycles. The fraction of sp³-hybridized carbons (Fsp3) is 0.364. The third-order valence-electron chi connectivity index (χ3n) is 6.16. The van der Waals surface area contributed by atoms with E-state index in [1.807, 2.05) is 34.6 Å². The van der Waals surface area contributed by atoms with Gasteiger partial charge in [-0.3, -0.25) is 9.78 Å². The zero-order valence-corrected chi connectivity index (χ0v) is 17.4. The lowest BCUT2D eigenvalue weighted by atomic mass is 9.99. The molecule has 1 fully saturated rings. The molecule has 1 amide bonds. The Hall–Kier alpha value is -2.67. The standard InChI is InChI=1S/C22H23N3O3S/c1-15-3-4-19-16(11-15)12-17(24(19)9-10-29(2,27)28)14-25-20-13-23-8-5-18(20)22(6-7-22)21(25)26/h3-5,8,11-13H,6-7,9-10,14H2,1-2H3. The van der Waals surface area contributed by atoms with E-state index in [2.05, 4.69) is 17.1 Å². The van der Waals surface area contributed by atoms with E-state index >= 15 is 0 Å². The van der Waals surface area contributed by atoms with E-state index in [1.54, 1.807) is 12.4 Å². The third-order valence-corrected chi connectivity index (χ3v) is 7.08. The van der Waals surface area contributed by atoms with Crippen LogP contribution in [0.15, 0.2) is 42.7 Å². The van der Waals surface area contributed by atoms with Crippen LogP contribution in [0.5, 0.6) is 0 Å². The molecule has 6 nitrogen and oxygen atoms in total. The molecule has 0 radical (unpaired) electrons. The van der Waals surface area contributed by atoms with Gasteiger partial charge >= 0.3 is 0 Å². The minimum atomic E-state index is -3.10. The molecule has 0 unspecified atom stereocenters. The van der Waals surface area contributed by atoms with E-state index in [0.29, 0.717) is 13.1 Å². The van der Waals surface area contributed by atoms with Crippen molar-refractivity contribution in [2.24, 2.45) is 0 Å². The third kappa shape index (κ3) is 2.95. The number of hydrogen-bond acceptors (Lipinski definition) is 4. The first kappa shape index (κ1) is 18.4. The minimum absolute atomic E-state index is 0.0632. The van der Waals surface area contributed by atoms with Gasteiger partial charge in [-0.25, -0.2) is 8.42 Å². The van der Waals surface area contributed by atoms with E-state index < -0.39 is 9.84 Å². The van der Waals surface area contributed by atoms with Gasteiger partial charge in [0.05, 0.1) is 29.6 Å². The molecule has 29 heavy (non-hydrogen) atoms. The number of hydrogen-bond donors (Lipinski definition) is 0. The summed E-state index contributed by atoms with van der Waals surface area (Å²) in [7, 11) is -3.10. The first-order chi connectivity index (χ1) is 13.8. The van der Waals surface area contributed by atoms with Crippen molar-refractivity contribution in [1.82, 2.24) is 9.55 Å². The van der Waals surface area contributed by atoms with Crippen LogP contribution in [0.3, 0.4) is 0 Å². The van der Waals surface area contributed by atoms with Crippen LogP contribution in [0.4, 0.5) is 5.69 Å². The largest absolute Gasteiger partial charge is 0.342 e. The average Bonchev–Trinajstić information content (AvgIpc) is 3.36. The molecule has 3 aromatic rings. The summed E-state index contributed by atoms with van der Waals surface area (Å²) in [6.07, 6.45) is 6.55. The fourth-order valence-electron chi connectivity index (χ4n) is 4.52. The van der Waals surface area contributed by atoms with E-state index in [1.165, 1.54) is 6.26 Å². The highest BCUT2D eigenvalue weighted by atomic mass is 32.2. The lowest BCUT2D eigenvalue weighted by Gasteiger charge is -2.19. The predicted octanol–water partition coefficient (Wildman–Crippen LogP) is 2.97. The molecule has 2 aromatic heterocycles. The van der Waals surface area contributed by atoms with Gasteiger partial charge in [0, 0.05) is 35.6 Å². The van der Waals surface area contributed by atoms with Crippen molar-refractivity contribution in [2.75, 3.05) is 16.9 Å². The van der Waals surface area contributed by atoms with Gasteiger partial charge in [0.2, 0.25) is 5.91 Å². The number of nitrogens with zero attached hydrogens (tertiary/aromatic N) is 3. The zero-order chi connectivity index (χ0) is 20.4. The first-order valence-corrected chi connectivity index (χ1v) is 11.9. The minimum Gasteiger partial charge on any atom is -0.342 e. The summed E-state index contributed by atoms with van der Waals surface area (Å²) >= 11 is 0. The van der Waals surface area contributed by atoms with E-state index in [-0.39, 0.29) is 17.1 Å². The second-order valence-corrected chi connectivity index (χ2v) is 10.6. The van der Waals surface area contributed by atoms with Crippen molar-refractivity contribution in [3.05, 3.63) is 59.5 Å². The van der Waals surface area contributed by atoms with Gasteiger partial charge in [0.1, 0.15) is 9.84 Å². The van der Waals surface area contributed by atoms with Crippen LogP contribution < -0.4 is 4.90 Å². The number of sulfone groups is 1. The van der Waals surface area contributed by atoms with Crippen molar-refractivity contribution in [3.8, 4) is 0 Å². The molecule has 7 heteroatoms. The van der Waals surface area contributed by atoms with Gasteiger partial charge in [0.15, 0.2) is 0 Å². The van der Waals surface area contributed by atoms with Crippen LogP contribution in [0.25, 0.3) is 10.9 Å². The van der Waals surface area contributed by atoms with Crippen molar-refractivity contribution in [2.45, 2.75) is 38.3 Å².